The molecule has 7 heteroatoms. The first-order valence-corrected chi connectivity index (χ1v) is 8.16. The lowest BCUT2D eigenvalue weighted by Crippen LogP contribution is -2.45. The predicted octanol–water partition coefficient (Wildman–Crippen LogP) is 3.73. The number of rotatable bonds is 4. The van der Waals surface area contributed by atoms with Crippen molar-refractivity contribution in [2.45, 2.75) is 51.4 Å². The van der Waals surface area contributed by atoms with Crippen LogP contribution in [0.5, 0.6) is 0 Å². The Balaban J connectivity index is 2.01. The first-order chi connectivity index (χ1) is 11.3. The maximum Gasteiger partial charge on any atom is 0.416 e. The van der Waals surface area contributed by atoms with Crippen molar-refractivity contribution in [1.29, 1.82) is 0 Å². The summed E-state index contributed by atoms with van der Waals surface area (Å²) in [6.07, 6.45) is -0.342. The number of amides is 1. The molecule has 0 radical (unpaired) electrons. The highest BCUT2D eigenvalue weighted by Gasteiger charge is 2.34. The van der Waals surface area contributed by atoms with E-state index in [1.54, 1.807) is 6.92 Å². The molecule has 134 valence electrons. The Bertz CT molecular complexity index is 566. The Morgan fingerprint density at radius 2 is 1.83 bits per heavy atom. The maximum absolute atomic E-state index is 13.1. The van der Waals surface area contributed by atoms with E-state index in [2.05, 4.69) is 10.2 Å². The smallest absolute Gasteiger partial charge is 0.351 e. The number of carbonyl (C=O) groups is 1. The molecule has 1 unspecified atom stereocenters. The summed E-state index contributed by atoms with van der Waals surface area (Å²) < 4.78 is 52.0. The Labute approximate surface area is 139 Å². The second-order valence-electron chi connectivity index (χ2n) is 6.14. The van der Waals surface area contributed by atoms with Gasteiger partial charge in [-0.2, -0.15) is 13.2 Å². The first kappa shape index (κ1) is 18.7. The number of nitrogens with zero attached hydrogens (tertiary/aromatic N) is 1. The van der Waals surface area contributed by atoms with Crippen LogP contribution in [0.1, 0.15) is 43.7 Å². The van der Waals surface area contributed by atoms with Crippen molar-refractivity contribution >= 4 is 5.91 Å². The summed E-state index contributed by atoms with van der Waals surface area (Å²) in [4.78, 5) is 14.3. The summed E-state index contributed by atoms with van der Waals surface area (Å²) in [5.41, 5.74) is -1.19. The average Bonchev–Trinajstić information content (AvgIpc) is 2.81. The summed E-state index contributed by atoms with van der Waals surface area (Å²) in [6, 6.07) is 2.10. The molecule has 1 saturated heterocycles. The average molecular weight is 346 g/mol. The van der Waals surface area contributed by atoms with Gasteiger partial charge in [-0.05, 0) is 50.6 Å². The SMILES string of the molecule is CC(C(=O)NCc1ccc(F)cc1C(F)(F)F)N1CCCCCC1. The van der Waals surface area contributed by atoms with Crippen molar-refractivity contribution in [1.82, 2.24) is 10.2 Å². The summed E-state index contributed by atoms with van der Waals surface area (Å²) in [7, 11) is 0. The lowest BCUT2D eigenvalue weighted by molar-refractivity contribution is -0.138. The lowest BCUT2D eigenvalue weighted by Gasteiger charge is -2.26. The Morgan fingerprint density at radius 3 is 2.42 bits per heavy atom. The zero-order valence-corrected chi connectivity index (χ0v) is 13.6. The molecule has 0 aromatic heterocycles. The monoisotopic (exact) mass is 346 g/mol. The quantitative estimate of drug-likeness (QED) is 0.843. The fourth-order valence-corrected chi connectivity index (χ4v) is 2.95. The normalized spacial score (nSPS) is 18.0. The van der Waals surface area contributed by atoms with Crippen LogP contribution >= 0.6 is 0 Å². The number of likely N-dealkylation sites (tertiary alicyclic amines) is 1. The van der Waals surface area contributed by atoms with E-state index in [0.717, 1.165) is 50.9 Å². The summed E-state index contributed by atoms with van der Waals surface area (Å²) in [5.74, 6) is -1.26. The maximum atomic E-state index is 13.1. The number of alkyl halides is 3. The molecule has 1 heterocycles. The molecule has 0 bridgehead atoms. The minimum Gasteiger partial charge on any atom is -0.351 e. The van der Waals surface area contributed by atoms with Crippen molar-refractivity contribution < 1.29 is 22.4 Å². The Kier molecular flexibility index (Phi) is 6.21. The highest BCUT2D eigenvalue weighted by molar-refractivity contribution is 5.81. The zero-order valence-electron chi connectivity index (χ0n) is 13.6. The van der Waals surface area contributed by atoms with Crippen LogP contribution < -0.4 is 5.32 Å². The van der Waals surface area contributed by atoms with Crippen LogP contribution in [0.4, 0.5) is 17.6 Å². The molecule has 3 nitrogen and oxygen atoms in total. The van der Waals surface area contributed by atoms with Crippen LogP contribution in [0, 0.1) is 5.82 Å². The molecule has 1 N–H and O–H groups in total. The van der Waals surface area contributed by atoms with Crippen molar-refractivity contribution in [3.63, 3.8) is 0 Å². The third kappa shape index (κ3) is 4.93. The molecular weight excluding hydrogens is 324 g/mol. The van der Waals surface area contributed by atoms with E-state index in [0.29, 0.717) is 6.07 Å². The molecular formula is C17H22F4N2O. The van der Waals surface area contributed by atoms with Crippen molar-refractivity contribution in [2.24, 2.45) is 0 Å². The standard InChI is InChI=1S/C17H22F4N2O/c1-12(23-8-4-2-3-5-9-23)16(24)22-11-13-6-7-14(18)10-15(13)17(19,20)21/h6-7,10,12H,2-5,8-9,11H2,1H3,(H,22,24). The minimum atomic E-state index is -4.65. The van der Waals surface area contributed by atoms with Crippen LogP contribution in [-0.2, 0) is 17.5 Å². The number of hydrogen-bond acceptors (Lipinski definition) is 2. The van der Waals surface area contributed by atoms with Crippen LogP contribution in [0.15, 0.2) is 18.2 Å². The Morgan fingerprint density at radius 1 is 1.21 bits per heavy atom. The van der Waals surface area contributed by atoms with Gasteiger partial charge in [-0.15, -0.1) is 0 Å². The molecule has 24 heavy (non-hydrogen) atoms. The molecule has 0 spiro atoms. The molecule has 1 aliphatic heterocycles. The molecule has 1 aliphatic rings. The van der Waals surface area contributed by atoms with Gasteiger partial charge in [-0.3, -0.25) is 9.69 Å². The third-order valence-electron chi connectivity index (χ3n) is 4.40. The highest BCUT2D eigenvalue weighted by Crippen LogP contribution is 2.32. The second kappa shape index (κ2) is 7.96. The van der Waals surface area contributed by atoms with Gasteiger partial charge in [-0.1, -0.05) is 18.9 Å². The Hall–Kier alpha value is -1.63. The molecule has 1 aromatic rings. The molecule has 1 aromatic carbocycles. The molecule has 1 fully saturated rings. The van der Waals surface area contributed by atoms with Gasteiger partial charge in [0.1, 0.15) is 5.82 Å². The van der Waals surface area contributed by atoms with Crippen LogP contribution in [0.3, 0.4) is 0 Å². The van der Waals surface area contributed by atoms with E-state index in [1.165, 1.54) is 0 Å². The van der Waals surface area contributed by atoms with E-state index in [4.69, 9.17) is 0 Å². The van der Waals surface area contributed by atoms with E-state index < -0.39 is 23.6 Å². The number of benzene rings is 1. The largest absolute Gasteiger partial charge is 0.416 e. The van der Waals surface area contributed by atoms with Gasteiger partial charge in [0, 0.05) is 6.54 Å². The summed E-state index contributed by atoms with van der Waals surface area (Å²) in [5, 5.41) is 2.55. The number of halogens is 4. The molecule has 0 saturated carbocycles. The van der Waals surface area contributed by atoms with Gasteiger partial charge < -0.3 is 5.32 Å². The van der Waals surface area contributed by atoms with Gasteiger partial charge in [0.15, 0.2) is 0 Å². The van der Waals surface area contributed by atoms with Crippen LogP contribution in [-0.4, -0.2) is 29.9 Å². The zero-order chi connectivity index (χ0) is 17.7. The molecule has 1 amide bonds. The van der Waals surface area contributed by atoms with E-state index in [-0.39, 0.29) is 18.0 Å². The molecule has 0 aliphatic carbocycles. The van der Waals surface area contributed by atoms with Gasteiger partial charge in [0.25, 0.3) is 0 Å². The lowest BCUT2D eigenvalue weighted by atomic mass is 10.1. The third-order valence-corrected chi connectivity index (χ3v) is 4.40. The fourth-order valence-electron chi connectivity index (χ4n) is 2.95. The van der Waals surface area contributed by atoms with E-state index >= 15 is 0 Å². The summed E-state index contributed by atoms with van der Waals surface area (Å²) >= 11 is 0. The van der Waals surface area contributed by atoms with Gasteiger partial charge in [-0.25, -0.2) is 4.39 Å². The van der Waals surface area contributed by atoms with E-state index in [1.807, 2.05) is 0 Å². The number of hydrogen-bond donors (Lipinski definition) is 1. The number of carbonyl (C=O) groups excluding carboxylic acids is 1. The van der Waals surface area contributed by atoms with Gasteiger partial charge in [0.2, 0.25) is 5.91 Å². The summed E-state index contributed by atoms with van der Waals surface area (Å²) in [6.45, 7) is 3.12. The van der Waals surface area contributed by atoms with Crippen molar-refractivity contribution in [3.8, 4) is 0 Å². The van der Waals surface area contributed by atoms with Gasteiger partial charge >= 0.3 is 6.18 Å². The number of nitrogens with one attached hydrogen (secondary N) is 1. The highest BCUT2D eigenvalue weighted by atomic mass is 19.4. The van der Waals surface area contributed by atoms with E-state index in [9.17, 15) is 22.4 Å². The first-order valence-electron chi connectivity index (χ1n) is 8.16. The predicted molar refractivity (Wildman–Crippen MR) is 82.8 cm³/mol. The van der Waals surface area contributed by atoms with Crippen LogP contribution in [0.2, 0.25) is 0 Å². The second-order valence-corrected chi connectivity index (χ2v) is 6.14. The van der Waals surface area contributed by atoms with Crippen molar-refractivity contribution in [3.05, 3.63) is 35.1 Å². The molecule has 2 rings (SSSR count). The van der Waals surface area contributed by atoms with Crippen LogP contribution in [0.25, 0.3) is 0 Å². The minimum absolute atomic E-state index is 0.139. The topological polar surface area (TPSA) is 32.3 Å². The van der Waals surface area contributed by atoms with Crippen molar-refractivity contribution in [2.75, 3.05) is 13.1 Å². The fraction of sp³-hybridized carbons (Fsp3) is 0.588. The molecule has 1 atom stereocenters. The van der Waals surface area contributed by atoms with Gasteiger partial charge in [0.05, 0.1) is 11.6 Å².